The summed E-state index contributed by atoms with van der Waals surface area (Å²) in [6, 6.07) is 13.7. The van der Waals surface area contributed by atoms with Gasteiger partial charge in [-0.25, -0.2) is 14.8 Å². The fourth-order valence-electron chi connectivity index (χ4n) is 3.02. The first-order valence-corrected chi connectivity index (χ1v) is 10.9. The zero-order valence-electron chi connectivity index (χ0n) is 15.7. The van der Waals surface area contributed by atoms with Crippen LogP contribution in [0.3, 0.4) is 0 Å². The van der Waals surface area contributed by atoms with Crippen molar-refractivity contribution in [1.82, 2.24) is 14.9 Å². The standard InChI is InChI=1S/C21H20N4OS2/c1-3-25(4-2)21(26)22-14-9-10-15-16(13-14)24-20(18-8-6-12-28-18)19(23-15)17-7-5-11-27-17/h5-13H,3-4H2,1-2H3,(H,22,26). The molecule has 0 saturated heterocycles. The molecule has 0 aliphatic heterocycles. The number of nitrogens with one attached hydrogen (secondary N) is 1. The maximum Gasteiger partial charge on any atom is 0.321 e. The SMILES string of the molecule is CCN(CC)C(=O)Nc1ccc2nc(-c3cccs3)c(-c3cccs3)nc2c1. The summed E-state index contributed by atoms with van der Waals surface area (Å²) in [5.41, 5.74) is 4.06. The van der Waals surface area contributed by atoms with E-state index in [2.05, 4.69) is 17.4 Å². The maximum absolute atomic E-state index is 12.4. The fourth-order valence-corrected chi connectivity index (χ4v) is 4.45. The summed E-state index contributed by atoms with van der Waals surface area (Å²) < 4.78 is 0. The van der Waals surface area contributed by atoms with Crippen LogP contribution in [0.2, 0.25) is 0 Å². The molecule has 1 aromatic carbocycles. The van der Waals surface area contributed by atoms with Crippen molar-refractivity contribution in [3.63, 3.8) is 0 Å². The summed E-state index contributed by atoms with van der Waals surface area (Å²) in [5.74, 6) is 0. The van der Waals surface area contributed by atoms with E-state index in [0.29, 0.717) is 13.1 Å². The lowest BCUT2D eigenvalue weighted by atomic mass is 10.2. The topological polar surface area (TPSA) is 58.1 Å². The van der Waals surface area contributed by atoms with Crippen molar-refractivity contribution in [3.05, 3.63) is 53.2 Å². The van der Waals surface area contributed by atoms with Crippen molar-refractivity contribution in [3.8, 4) is 21.1 Å². The average Bonchev–Trinajstić information content (AvgIpc) is 3.42. The molecular formula is C21H20N4OS2. The minimum absolute atomic E-state index is 0.106. The lowest BCUT2D eigenvalue weighted by Crippen LogP contribution is -2.34. The second-order valence-electron chi connectivity index (χ2n) is 6.18. The van der Waals surface area contributed by atoms with Crippen LogP contribution in [0, 0.1) is 0 Å². The van der Waals surface area contributed by atoms with E-state index in [4.69, 9.17) is 9.97 Å². The van der Waals surface area contributed by atoms with Crippen molar-refractivity contribution in [2.45, 2.75) is 13.8 Å². The minimum atomic E-state index is -0.106. The third kappa shape index (κ3) is 3.63. The van der Waals surface area contributed by atoms with Crippen LogP contribution in [0.1, 0.15) is 13.8 Å². The number of rotatable bonds is 5. The maximum atomic E-state index is 12.4. The predicted molar refractivity (Wildman–Crippen MR) is 118 cm³/mol. The van der Waals surface area contributed by atoms with E-state index in [9.17, 15) is 4.79 Å². The van der Waals surface area contributed by atoms with Crippen LogP contribution in [0.15, 0.2) is 53.2 Å². The van der Waals surface area contributed by atoms with Crippen LogP contribution < -0.4 is 5.32 Å². The van der Waals surface area contributed by atoms with Crippen molar-refractivity contribution in [2.75, 3.05) is 18.4 Å². The van der Waals surface area contributed by atoms with Crippen LogP contribution in [0.4, 0.5) is 10.5 Å². The van der Waals surface area contributed by atoms with E-state index < -0.39 is 0 Å². The van der Waals surface area contributed by atoms with Crippen molar-refractivity contribution < 1.29 is 4.79 Å². The van der Waals surface area contributed by atoms with Gasteiger partial charge in [-0.15, -0.1) is 22.7 Å². The Morgan fingerprint density at radius 2 is 1.54 bits per heavy atom. The Kier molecular flexibility index (Phi) is 5.36. The number of hydrogen-bond donors (Lipinski definition) is 1. The van der Waals surface area contributed by atoms with Gasteiger partial charge < -0.3 is 10.2 Å². The highest BCUT2D eigenvalue weighted by molar-refractivity contribution is 7.14. The molecule has 0 unspecified atom stereocenters. The van der Waals surface area contributed by atoms with Gasteiger partial charge in [0.25, 0.3) is 0 Å². The van der Waals surface area contributed by atoms with Gasteiger partial charge in [-0.2, -0.15) is 0 Å². The molecule has 0 bridgehead atoms. The van der Waals surface area contributed by atoms with Crippen molar-refractivity contribution in [2.24, 2.45) is 0 Å². The first-order chi connectivity index (χ1) is 13.7. The molecule has 1 N–H and O–H groups in total. The first kappa shape index (κ1) is 18.6. The normalized spacial score (nSPS) is 10.9. The molecule has 28 heavy (non-hydrogen) atoms. The predicted octanol–water partition coefficient (Wildman–Crippen LogP) is 5.96. The smallest absolute Gasteiger partial charge is 0.321 e. The molecule has 3 heterocycles. The number of carbonyl (C=O) groups is 1. The lowest BCUT2D eigenvalue weighted by molar-refractivity contribution is 0.217. The Morgan fingerprint density at radius 1 is 0.929 bits per heavy atom. The number of benzene rings is 1. The quantitative estimate of drug-likeness (QED) is 0.443. The van der Waals surface area contributed by atoms with Gasteiger partial charge in [-0.05, 0) is 54.9 Å². The van der Waals surface area contributed by atoms with Crippen LogP contribution in [-0.2, 0) is 0 Å². The number of amides is 2. The van der Waals surface area contributed by atoms with E-state index >= 15 is 0 Å². The minimum Gasteiger partial charge on any atom is -0.325 e. The molecule has 0 spiro atoms. The molecule has 0 fully saturated rings. The molecule has 2 amide bonds. The number of fused-ring (bicyclic) bond motifs is 1. The van der Waals surface area contributed by atoms with E-state index in [0.717, 1.165) is 37.9 Å². The van der Waals surface area contributed by atoms with Gasteiger partial charge in [-0.1, -0.05) is 12.1 Å². The van der Waals surface area contributed by atoms with Gasteiger partial charge in [0.1, 0.15) is 11.4 Å². The monoisotopic (exact) mass is 408 g/mol. The Morgan fingerprint density at radius 3 is 2.07 bits per heavy atom. The van der Waals surface area contributed by atoms with Gasteiger partial charge in [0.05, 0.1) is 20.8 Å². The van der Waals surface area contributed by atoms with E-state index in [1.54, 1.807) is 27.6 Å². The molecule has 0 saturated carbocycles. The number of hydrogen-bond acceptors (Lipinski definition) is 5. The zero-order chi connectivity index (χ0) is 19.5. The zero-order valence-corrected chi connectivity index (χ0v) is 17.3. The number of urea groups is 1. The fraction of sp³-hybridized carbons (Fsp3) is 0.190. The average molecular weight is 409 g/mol. The molecule has 0 aliphatic rings. The van der Waals surface area contributed by atoms with Gasteiger partial charge in [-0.3, -0.25) is 0 Å². The molecule has 5 nitrogen and oxygen atoms in total. The summed E-state index contributed by atoms with van der Waals surface area (Å²) in [5, 5.41) is 7.04. The largest absolute Gasteiger partial charge is 0.325 e. The van der Waals surface area contributed by atoms with Crippen molar-refractivity contribution in [1.29, 1.82) is 0 Å². The Hall–Kier alpha value is -2.77. The van der Waals surface area contributed by atoms with Gasteiger partial charge in [0.15, 0.2) is 0 Å². The Balaban J connectivity index is 1.77. The summed E-state index contributed by atoms with van der Waals surface area (Å²) in [6.45, 7) is 5.27. The van der Waals surface area contributed by atoms with E-state index in [1.807, 2.05) is 54.9 Å². The number of carbonyl (C=O) groups excluding carboxylic acids is 1. The molecule has 3 aromatic heterocycles. The molecular weight excluding hydrogens is 388 g/mol. The number of aromatic nitrogens is 2. The summed E-state index contributed by atoms with van der Waals surface area (Å²) in [7, 11) is 0. The van der Waals surface area contributed by atoms with Gasteiger partial charge >= 0.3 is 6.03 Å². The second-order valence-corrected chi connectivity index (χ2v) is 8.08. The molecule has 4 aromatic rings. The summed E-state index contributed by atoms with van der Waals surface area (Å²) in [6.07, 6.45) is 0. The van der Waals surface area contributed by atoms with Crippen molar-refractivity contribution >= 4 is 45.4 Å². The van der Waals surface area contributed by atoms with Crippen LogP contribution in [-0.4, -0.2) is 34.0 Å². The van der Waals surface area contributed by atoms with Crippen LogP contribution in [0.25, 0.3) is 32.2 Å². The number of nitrogens with zero attached hydrogens (tertiary/aromatic N) is 3. The third-order valence-electron chi connectivity index (χ3n) is 4.48. The Bertz CT molecular complexity index is 1090. The van der Waals surface area contributed by atoms with Gasteiger partial charge in [0.2, 0.25) is 0 Å². The first-order valence-electron chi connectivity index (χ1n) is 9.15. The summed E-state index contributed by atoms with van der Waals surface area (Å²) >= 11 is 3.30. The summed E-state index contributed by atoms with van der Waals surface area (Å²) in [4.78, 5) is 26.1. The van der Waals surface area contributed by atoms with E-state index in [1.165, 1.54) is 0 Å². The number of thiophene rings is 2. The molecule has 7 heteroatoms. The Labute approximate surface area is 171 Å². The highest BCUT2D eigenvalue weighted by Crippen LogP contribution is 2.35. The van der Waals surface area contributed by atoms with Gasteiger partial charge in [0, 0.05) is 18.8 Å². The highest BCUT2D eigenvalue weighted by atomic mass is 32.1. The molecule has 0 atom stereocenters. The third-order valence-corrected chi connectivity index (χ3v) is 6.23. The second kappa shape index (κ2) is 8.08. The molecule has 142 valence electrons. The number of anilines is 1. The molecule has 4 rings (SSSR count). The van der Waals surface area contributed by atoms with Crippen LogP contribution >= 0.6 is 22.7 Å². The van der Waals surface area contributed by atoms with E-state index in [-0.39, 0.29) is 6.03 Å². The lowest BCUT2D eigenvalue weighted by Gasteiger charge is -2.19. The molecule has 0 aliphatic carbocycles. The van der Waals surface area contributed by atoms with Crippen LogP contribution in [0.5, 0.6) is 0 Å². The molecule has 0 radical (unpaired) electrons. The highest BCUT2D eigenvalue weighted by Gasteiger charge is 2.16.